The smallest absolute Gasteiger partial charge is 0.264 e. The van der Waals surface area contributed by atoms with Gasteiger partial charge in [0.1, 0.15) is 0 Å². The normalized spacial score (nSPS) is 23.0. The summed E-state index contributed by atoms with van der Waals surface area (Å²) in [4.78, 5) is 15.1. The largest absolute Gasteiger partial charge is 0.394 e. The zero-order valence-corrected chi connectivity index (χ0v) is 16.5. The van der Waals surface area contributed by atoms with Crippen molar-refractivity contribution in [3.05, 3.63) is 47.1 Å². The summed E-state index contributed by atoms with van der Waals surface area (Å²) in [5.74, 6) is -0.164. The van der Waals surface area contributed by atoms with Crippen molar-refractivity contribution >= 4 is 11.6 Å². The van der Waals surface area contributed by atoms with Gasteiger partial charge in [-0.15, -0.1) is 0 Å². The fraction of sp³-hybridized carbons (Fsp3) is 0.500. The van der Waals surface area contributed by atoms with Gasteiger partial charge in [-0.2, -0.15) is 5.10 Å². The predicted octanol–water partition coefficient (Wildman–Crippen LogP) is 0.678. The van der Waals surface area contributed by atoms with Crippen LogP contribution in [-0.4, -0.2) is 57.2 Å². The lowest BCUT2D eigenvalue weighted by Crippen LogP contribution is -2.60. The molecule has 0 aromatic carbocycles. The van der Waals surface area contributed by atoms with E-state index < -0.39 is 11.7 Å². The van der Waals surface area contributed by atoms with E-state index in [2.05, 4.69) is 15.7 Å². The standard InChI is InChI=1S/C20H27N5O3/c1-13-16(14(2)24(3)23-13)17-15-6-4-5-9-25(15)18(21-17)19(27)22-20(12-26)7-10-28-11-8-20/h4-6,9,18,21,26H,7-8,10-12H2,1-3H3,(H,22,27). The monoisotopic (exact) mass is 385 g/mol. The first-order chi connectivity index (χ1) is 13.5. The van der Waals surface area contributed by atoms with Gasteiger partial charge in [0.25, 0.3) is 5.91 Å². The van der Waals surface area contributed by atoms with Crippen molar-refractivity contribution in [1.82, 2.24) is 25.3 Å². The second kappa shape index (κ2) is 7.10. The molecule has 1 unspecified atom stereocenters. The Labute approximate surface area is 164 Å². The van der Waals surface area contributed by atoms with E-state index in [1.165, 1.54) is 0 Å². The number of carbonyl (C=O) groups is 1. The lowest BCUT2D eigenvalue weighted by Gasteiger charge is -2.38. The number of amides is 1. The molecule has 1 fully saturated rings. The molecule has 0 saturated carbocycles. The Morgan fingerprint density at radius 1 is 1.39 bits per heavy atom. The van der Waals surface area contributed by atoms with Crippen LogP contribution < -0.4 is 10.6 Å². The van der Waals surface area contributed by atoms with E-state index in [0.29, 0.717) is 26.1 Å². The highest BCUT2D eigenvalue weighted by Gasteiger charge is 2.41. The Morgan fingerprint density at radius 2 is 2.14 bits per heavy atom. The molecule has 1 atom stereocenters. The first-order valence-corrected chi connectivity index (χ1v) is 9.61. The van der Waals surface area contributed by atoms with E-state index in [-0.39, 0.29) is 12.5 Å². The van der Waals surface area contributed by atoms with Crippen LogP contribution in [0.4, 0.5) is 0 Å². The molecule has 8 heteroatoms. The number of aromatic nitrogens is 2. The molecule has 0 radical (unpaired) electrons. The minimum absolute atomic E-state index is 0.0987. The first-order valence-electron chi connectivity index (χ1n) is 9.61. The number of nitrogens with one attached hydrogen (secondary N) is 2. The average molecular weight is 385 g/mol. The molecule has 3 aliphatic rings. The van der Waals surface area contributed by atoms with Crippen molar-refractivity contribution in [2.75, 3.05) is 19.8 Å². The molecule has 4 heterocycles. The Balaban J connectivity index is 1.63. The van der Waals surface area contributed by atoms with Gasteiger partial charge in [0.2, 0.25) is 0 Å². The number of hydrogen-bond donors (Lipinski definition) is 3. The summed E-state index contributed by atoms with van der Waals surface area (Å²) in [5, 5.41) is 20.9. The Bertz CT molecular complexity index is 877. The van der Waals surface area contributed by atoms with Crippen molar-refractivity contribution in [2.24, 2.45) is 7.05 Å². The van der Waals surface area contributed by atoms with Crippen LogP contribution in [0, 0.1) is 13.8 Å². The number of carbonyl (C=O) groups excluding carboxylic acids is 1. The highest BCUT2D eigenvalue weighted by Crippen LogP contribution is 2.34. The number of aliphatic hydroxyl groups excluding tert-OH is 1. The minimum atomic E-state index is -0.630. The molecule has 3 aliphatic heterocycles. The van der Waals surface area contributed by atoms with Crippen molar-refractivity contribution in [3.8, 4) is 0 Å². The third-order valence-corrected chi connectivity index (χ3v) is 5.85. The van der Waals surface area contributed by atoms with E-state index in [0.717, 1.165) is 28.3 Å². The van der Waals surface area contributed by atoms with E-state index in [1.54, 1.807) is 0 Å². The molecule has 0 spiro atoms. The fourth-order valence-electron chi connectivity index (χ4n) is 4.12. The number of hydrogen-bond acceptors (Lipinski definition) is 6. The number of ether oxygens (including phenoxy) is 1. The van der Waals surface area contributed by atoms with Gasteiger partial charge in [-0.1, -0.05) is 6.08 Å². The highest BCUT2D eigenvalue weighted by molar-refractivity contribution is 5.88. The van der Waals surface area contributed by atoms with E-state index in [4.69, 9.17) is 4.74 Å². The van der Waals surface area contributed by atoms with Gasteiger partial charge < -0.3 is 25.4 Å². The summed E-state index contributed by atoms with van der Waals surface area (Å²) >= 11 is 0. The van der Waals surface area contributed by atoms with Gasteiger partial charge in [0.05, 0.1) is 29.2 Å². The summed E-state index contributed by atoms with van der Waals surface area (Å²) in [6.45, 7) is 4.97. The number of fused-ring (bicyclic) bond motifs is 1. The number of aryl methyl sites for hydroxylation is 2. The zero-order valence-electron chi connectivity index (χ0n) is 16.5. The van der Waals surface area contributed by atoms with Crippen molar-refractivity contribution in [1.29, 1.82) is 0 Å². The summed E-state index contributed by atoms with van der Waals surface area (Å²) in [6, 6.07) is 0. The van der Waals surface area contributed by atoms with E-state index in [1.807, 2.05) is 54.9 Å². The van der Waals surface area contributed by atoms with Gasteiger partial charge in [-0.05, 0) is 38.8 Å². The summed E-state index contributed by atoms with van der Waals surface area (Å²) < 4.78 is 7.25. The maximum absolute atomic E-state index is 13.2. The van der Waals surface area contributed by atoms with Crippen LogP contribution in [0.15, 0.2) is 30.1 Å². The summed E-state index contributed by atoms with van der Waals surface area (Å²) in [6.07, 6.45) is 8.39. The second-order valence-corrected chi connectivity index (χ2v) is 7.62. The van der Waals surface area contributed by atoms with Gasteiger partial charge >= 0.3 is 0 Å². The quantitative estimate of drug-likeness (QED) is 0.706. The molecule has 150 valence electrons. The lowest BCUT2D eigenvalue weighted by atomic mass is 9.91. The second-order valence-electron chi connectivity index (χ2n) is 7.62. The molecule has 1 aromatic heterocycles. The van der Waals surface area contributed by atoms with Crippen molar-refractivity contribution in [3.63, 3.8) is 0 Å². The van der Waals surface area contributed by atoms with Crippen molar-refractivity contribution < 1.29 is 14.6 Å². The maximum Gasteiger partial charge on any atom is 0.264 e. The fourth-order valence-corrected chi connectivity index (χ4v) is 4.12. The molecular formula is C20H27N5O3. The van der Waals surface area contributed by atoms with Gasteiger partial charge in [-0.3, -0.25) is 9.48 Å². The van der Waals surface area contributed by atoms with E-state index >= 15 is 0 Å². The third-order valence-electron chi connectivity index (χ3n) is 5.85. The summed E-state index contributed by atoms with van der Waals surface area (Å²) in [7, 11) is 1.92. The number of aliphatic hydroxyl groups is 1. The molecule has 1 amide bonds. The molecule has 28 heavy (non-hydrogen) atoms. The van der Waals surface area contributed by atoms with Gasteiger partial charge in [0, 0.05) is 37.7 Å². The molecular weight excluding hydrogens is 358 g/mol. The van der Waals surface area contributed by atoms with Crippen LogP contribution in [-0.2, 0) is 16.6 Å². The first kappa shape index (κ1) is 18.8. The molecule has 3 N–H and O–H groups in total. The third kappa shape index (κ3) is 3.02. The Kier molecular flexibility index (Phi) is 4.76. The van der Waals surface area contributed by atoms with Crippen LogP contribution in [0.1, 0.15) is 29.8 Å². The molecule has 1 aromatic rings. The van der Waals surface area contributed by atoms with Crippen LogP contribution in [0.2, 0.25) is 0 Å². The number of nitrogens with zero attached hydrogens (tertiary/aromatic N) is 3. The maximum atomic E-state index is 13.2. The number of rotatable bonds is 4. The SMILES string of the molecule is Cc1nn(C)c(C)c1C1=C2C=CC=CN2C(C(=O)NC2(CO)CCOCC2)N1. The van der Waals surface area contributed by atoms with Gasteiger partial charge in [-0.25, -0.2) is 0 Å². The molecule has 1 saturated heterocycles. The van der Waals surface area contributed by atoms with E-state index in [9.17, 15) is 9.90 Å². The predicted molar refractivity (Wildman–Crippen MR) is 105 cm³/mol. The molecule has 0 aliphatic carbocycles. The average Bonchev–Trinajstić information content (AvgIpc) is 3.19. The minimum Gasteiger partial charge on any atom is -0.394 e. The molecule has 0 bridgehead atoms. The molecule has 4 rings (SSSR count). The van der Waals surface area contributed by atoms with Crippen LogP contribution in [0.3, 0.4) is 0 Å². The number of allylic oxidation sites excluding steroid dienone is 3. The molecule has 8 nitrogen and oxygen atoms in total. The van der Waals surface area contributed by atoms with Crippen LogP contribution in [0.5, 0.6) is 0 Å². The van der Waals surface area contributed by atoms with Crippen LogP contribution >= 0.6 is 0 Å². The summed E-state index contributed by atoms with van der Waals surface area (Å²) in [5.41, 5.74) is 4.17. The van der Waals surface area contributed by atoms with Crippen LogP contribution in [0.25, 0.3) is 5.70 Å². The van der Waals surface area contributed by atoms with Gasteiger partial charge in [0.15, 0.2) is 6.17 Å². The Morgan fingerprint density at radius 3 is 2.79 bits per heavy atom. The Hall–Kier alpha value is -2.58. The van der Waals surface area contributed by atoms with Crippen molar-refractivity contribution in [2.45, 2.75) is 38.4 Å². The highest BCUT2D eigenvalue weighted by atomic mass is 16.5. The lowest BCUT2D eigenvalue weighted by molar-refractivity contribution is -0.129. The zero-order chi connectivity index (χ0) is 19.9. The topological polar surface area (TPSA) is 91.7 Å².